The fourth-order valence-corrected chi connectivity index (χ4v) is 3.47. The summed E-state index contributed by atoms with van der Waals surface area (Å²) in [4.78, 5) is 17.5. The van der Waals surface area contributed by atoms with Crippen LogP contribution in [0, 0.1) is 0 Å². The molecule has 0 atom stereocenters. The lowest BCUT2D eigenvalue weighted by Crippen LogP contribution is -2.39. The molecule has 0 aliphatic carbocycles. The smallest absolute Gasteiger partial charge is 0.257 e. The first-order chi connectivity index (χ1) is 13.2. The molecule has 6 nitrogen and oxygen atoms in total. The molecule has 0 aliphatic rings. The Kier molecular flexibility index (Phi) is 6.73. The first-order valence-corrected chi connectivity index (χ1v) is 9.90. The van der Waals surface area contributed by atoms with Crippen molar-refractivity contribution >= 4 is 17.2 Å². The zero-order valence-electron chi connectivity index (χ0n) is 15.7. The SMILES string of the molecule is CCCN(Cc1nnc(-c2cccs2)o1)C(=O)CN(C)Cc1ccccc1. The molecule has 0 spiro atoms. The van der Waals surface area contributed by atoms with E-state index >= 15 is 0 Å². The summed E-state index contributed by atoms with van der Waals surface area (Å²) < 4.78 is 5.74. The topological polar surface area (TPSA) is 62.5 Å². The van der Waals surface area contributed by atoms with Gasteiger partial charge in [-0.1, -0.05) is 43.3 Å². The number of benzene rings is 1. The number of likely N-dealkylation sites (N-methyl/N-ethyl adjacent to an activating group) is 1. The van der Waals surface area contributed by atoms with E-state index < -0.39 is 0 Å². The van der Waals surface area contributed by atoms with Gasteiger partial charge in [0.2, 0.25) is 11.8 Å². The Morgan fingerprint density at radius 3 is 2.63 bits per heavy atom. The fourth-order valence-electron chi connectivity index (χ4n) is 2.82. The Balaban J connectivity index is 1.60. The Labute approximate surface area is 163 Å². The number of aromatic nitrogens is 2. The predicted octanol–water partition coefficient (Wildman–Crippen LogP) is 3.67. The van der Waals surface area contributed by atoms with Crippen LogP contribution < -0.4 is 0 Å². The standard InChI is InChI=1S/C20H24N4O2S/c1-3-11-24(14-18-21-22-20(26-18)17-10-7-12-27-17)19(25)15-23(2)13-16-8-5-4-6-9-16/h4-10,12H,3,11,13-15H2,1-2H3. The third-order valence-electron chi connectivity index (χ3n) is 4.07. The lowest BCUT2D eigenvalue weighted by Gasteiger charge is -2.24. The number of amides is 1. The van der Waals surface area contributed by atoms with Gasteiger partial charge in [0.1, 0.15) is 0 Å². The minimum atomic E-state index is 0.0613. The third-order valence-corrected chi connectivity index (χ3v) is 4.93. The summed E-state index contributed by atoms with van der Waals surface area (Å²) in [6.07, 6.45) is 0.875. The zero-order chi connectivity index (χ0) is 19.1. The highest BCUT2D eigenvalue weighted by Crippen LogP contribution is 2.23. The minimum absolute atomic E-state index is 0.0613. The van der Waals surface area contributed by atoms with Gasteiger partial charge in [-0.15, -0.1) is 21.5 Å². The lowest BCUT2D eigenvalue weighted by molar-refractivity contribution is -0.133. The van der Waals surface area contributed by atoms with Crippen LogP contribution in [0.25, 0.3) is 10.8 Å². The average molecular weight is 385 g/mol. The summed E-state index contributed by atoms with van der Waals surface area (Å²) in [6.45, 7) is 4.13. The van der Waals surface area contributed by atoms with Crippen LogP contribution in [-0.4, -0.2) is 46.0 Å². The first-order valence-electron chi connectivity index (χ1n) is 9.02. The van der Waals surface area contributed by atoms with E-state index in [2.05, 4.69) is 29.3 Å². The first kappa shape index (κ1) is 19.3. The van der Waals surface area contributed by atoms with Gasteiger partial charge in [-0.2, -0.15) is 0 Å². The van der Waals surface area contributed by atoms with Crippen molar-refractivity contribution in [3.8, 4) is 10.8 Å². The van der Waals surface area contributed by atoms with Crippen LogP contribution in [0.2, 0.25) is 0 Å². The number of hydrogen-bond acceptors (Lipinski definition) is 6. The Morgan fingerprint density at radius 2 is 1.93 bits per heavy atom. The average Bonchev–Trinajstić information content (AvgIpc) is 3.33. The molecule has 0 fully saturated rings. The highest BCUT2D eigenvalue weighted by atomic mass is 32.1. The number of thiophene rings is 1. The predicted molar refractivity (Wildman–Crippen MR) is 106 cm³/mol. The van der Waals surface area contributed by atoms with Crippen molar-refractivity contribution in [2.45, 2.75) is 26.4 Å². The van der Waals surface area contributed by atoms with Crippen LogP contribution >= 0.6 is 11.3 Å². The quantitative estimate of drug-likeness (QED) is 0.563. The Bertz CT molecular complexity index is 833. The van der Waals surface area contributed by atoms with E-state index in [0.29, 0.717) is 31.4 Å². The summed E-state index contributed by atoms with van der Waals surface area (Å²) in [5.41, 5.74) is 1.19. The summed E-state index contributed by atoms with van der Waals surface area (Å²) in [7, 11) is 1.95. The normalized spacial score (nSPS) is 11.1. The Hall–Kier alpha value is -2.51. The van der Waals surface area contributed by atoms with Crippen molar-refractivity contribution in [1.29, 1.82) is 0 Å². The van der Waals surface area contributed by atoms with Gasteiger partial charge in [0.25, 0.3) is 5.89 Å². The van der Waals surface area contributed by atoms with Crippen LogP contribution in [0.1, 0.15) is 24.8 Å². The van der Waals surface area contributed by atoms with Gasteiger partial charge < -0.3 is 9.32 Å². The van der Waals surface area contributed by atoms with Crippen molar-refractivity contribution < 1.29 is 9.21 Å². The van der Waals surface area contributed by atoms with Crippen LogP contribution in [0.4, 0.5) is 0 Å². The molecule has 0 N–H and O–H groups in total. The molecule has 1 aromatic carbocycles. The van der Waals surface area contributed by atoms with Crippen molar-refractivity contribution in [3.63, 3.8) is 0 Å². The van der Waals surface area contributed by atoms with E-state index in [1.54, 1.807) is 16.2 Å². The molecule has 0 saturated carbocycles. The van der Waals surface area contributed by atoms with E-state index in [4.69, 9.17) is 4.42 Å². The Morgan fingerprint density at radius 1 is 1.11 bits per heavy atom. The molecule has 1 amide bonds. The van der Waals surface area contributed by atoms with Gasteiger partial charge in [-0.05, 0) is 30.5 Å². The van der Waals surface area contributed by atoms with Gasteiger partial charge >= 0.3 is 0 Å². The van der Waals surface area contributed by atoms with Gasteiger partial charge in [-0.25, -0.2) is 0 Å². The molecule has 2 heterocycles. The summed E-state index contributed by atoms with van der Waals surface area (Å²) in [5, 5.41) is 10.2. The van der Waals surface area contributed by atoms with E-state index in [9.17, 15) is 4.79 Å². The number of nitrogens with zero attached hydrogens (tertiary/aromatic N) is 4. The molecule has 3 rings (SSSR count). The molecular weight excluding hydrogens is 360 g/mol. The minimum Gasteiger partial charge on any atom is -0.418 e. The monoisotopic (exact) mass is 384 g/mol. The molecule has 0 unspecified atom stereocenters. The van der Waals surface area contributed by atoms with E-state index in [-0.39, 0.29) is 5.91 Å². The van der Waals surface area contributed by atoms with E-state index in [1.807, 2.05) is 47.7 Å². The second-order valence-electron chi connectivity index (χ2n) is 6.45. The van der Waals surface area contributed by atoms with Crippen LogP contribution in [0.15, 0.2) is 52.3 Å². The summed E-state index contributed by atoms with van der Waals surface area (Å²) in [5.74, 6) is 1.03. The van der Waals surface area contributed by atoms with Crippen molar-refractivity contribution in [1.82, 2.24) is 20.0 Å². The number of carbonyl (C=O) groups excluding carboxylic acids is 1. The maximum absolute atomic E-state index is 12.8. The molecule has 0 bridgehead atoms. The number of rotatable bonds is 9. The summed E-state index contributed by atoms with van der Waals surface area (Å²) >= 11 is 1.55. The highest BCUT2D eigenvalue weighted by molar-refractivity contribution is 7.13. The maximum atomic E-state index is 12.8. The number of hydrogen-bond donors (Lipinski definition) is 0. The van der Waals surface area contributed by atoms with Crippen LogP contribution in [0.3, 0.4) is 0 Å². The highest BCUT2D eigenvalue weighted by Gasteiger charge is 2.19. The molecule has 0 saturated heterocycles. The molecule has 0 radical (unpaired) electrons. The van der Waals surface area contributed by atoms with Gasteiger partial charge in [-0.3, -0.25) is 9.69 Å². The third kappa shape index (κ3) is 5.48. The molecule has 142 valence electrons. The van der Waals surface area contributed by atoms with Crippen LogP contribution in [0.5, 0.6) is 0 Å². The molecular formula is C20H24N4O2S. The van der Waals surface area contributed by atoms with Gasteiger partial charge in [0.15, 0.2) is 0 Å². The number of carbonyl (C=O) groups is 1. The second-order valence-corrected chi connectivity index (χ2v) is 7.40. The largest absolute Gasteiger partial charge is 0.418 e. The summed E-state index contributed by atoms with van der Waals surface area (Å²) in [6, 6.07) is 14.0. The molecule has 2 aromatic heterocycles. The van der Waals surface area contributed by atoms with Crippen molar-refractivity contribution in [2.24, 2.45) is 0 Å². The van der Waals surface area contributed by atoms with Crippen molar-refractivity contribution in [2.75, 3.05) is 20.1 Å². The molecule has 27 heavy (non-hydrogen) atoms. The van der Waals surface area contributed by atoms with Crippen molar-refractivity contribution in [3.05, 3.63) is 59.3 Å². The van der Waals surface area contributed by atoms with E-state index in [0.717, 1.165) is 17.8 Å². The van der Waals surface area contributed by atoms with Crippen LogP contribution in [-0.2, 0) is 17.9 Å². The molecule has 7 heteroatoms. The zero-order valence-corrected chi connectivity index (χ0v) is 16.5. The lowest BCUT2D eigenvalue weighted by atomic mass is 10.2. The second kappa shape index (κ2) is 9.43. The molecule has 3 aromatic rings. The maximum Gasteiger partial charge on any atom is 0.257 e. The van der Waals surface area contributed by atoms with Gasteiger partial charge in [0, 0.05) is 13.1 Å². The van der Waals surface area contributed by atoms with Gasteiger partial charge in [0.05, 0.1) is 18.0 Å². The fraction of sp³-hybridized carbons (Fsp3) is 0.350. The molecule has 0 aliphatic heterocycles. The van der Waals surface area contributed by atoms with E-state index in [1.165, 1.54) is 5.56 Å².